The third kappa shape index (κ3) is 4.74. The summed E-state index contributed by atoms with van der Waals surface area (Å²) in [6.07, 6.45) is 6.07. The van der Waals surface area contributed by atoms with Gasteiger partial charge in [-0.25, -0.2) is 14.5 Å². The van der Waals surface area contributed by atoms with Crippen LogP contribution in [0.25, 0.3) is 16.9 Å². The SMILES string of the molecule is Cc1c(-c2cc(O[C@@H]3CCc4cccnc43)n3c(C#N)cnc3c2)nnn1C1CCN(C(=O)OC(C)(C)C)CC1. The fourth-order valence-electron chi connectivity index (χ4n) is 5.59. The third-order valence-electron chi connectivity index (χ3n) is 7.52. The van der Waals surface area contributed by atoms with E-state index in [0.717, 1.165) is 48.3 Å². The summed E-state index contributed by atoms with van der Waals surface area (Å²) >= 11 is 0. The average Bonchev–Trinajstić information content (AvgIpc) is 3.64. The molecule has 4 aromatic rings. The number of nitrogens with zero attached hydrogens (tertiary/aromatic N) is 8. The van der Waals surface area contributed by atoms with Crippen molar-refractivity contribution < 1.29 is 14.3 Å². The van der Waals surface area contributed by atoms with Crippen LogP contribution in [-0.2, 0) is 11.2 Å². The first-order valence-electron chi connectivity index (χ1n) is 13.6. The van der Waals surface area contributed by atoms with Crippen molar-refractivity contribution in [3.8, 4) is 23.2 Å². The molecule has 1 aliphatic carbocycles. The number of imidazole rings is 1. The quantitative estimate of drug-likeness (QED) is 0.361. The Bertz CT molecular complexity index is 1620. The summed E-state index contributed by atoms with van der Waals surface area (Å²) in [5.41, 5.74) is 5.05. The molecule has 0 spiro atoms. The van der Waals surface area contributed by atoms with Gasteiger partial charge in [0.1, 0.15) is 34.8 Å². The summed E-state index contributed by atoms with van der Waals surface area (Å²) in [5.74, 6) is 0.518. The Kier molecular flexibility index (Phi) is 6.41. The molecule has 5 heterocycles. The van der Waals surface area contributed by atoms with Crippen molar-refractivity contribution in [3.63, 3.8) is 0 Å². The van der Waals surface area contributed by atoms with E-state index >= 15 is 0 Å². The van der Waals surface area contributed by atoms with E-state index in [1.807, 2.05) is 50.6 Å². The van der Waals surface area contributed by atoms with E-state index in [0.29, 0.717) is 30.3 Å². The lowest BCUT2D eigenvalue weighted by Crippen LogP contribution is -2.42. The lowest BCUT2D eigenvalue weighted by Gasteiger charge is -2.33. The van der Waals surface area contributed by atoms with E-state index in [2.05, 4.69) is 32.4 Å². The van der Waals surface area contributed by atoms with Crippen LogP contribution in [-0.4, -0.2) is 59.0 Å². The number of ether oxygens (including phenoxy) is 2. The van der Waals surface area contributed by atoms with Crippen LogP contribution < -0.4 is 4.74 Å². The van der Waals surface area contributed by atoms with E-state index in [1.165, 1.54) is 5.56 Å². The van der Waals surface area contributed by atoms with Gasteiger partial charge in [0, 0.05) is 30.9 Å². The zero-order valence-electron chi connectivity index (χ0n) is 23.2. The first kappa shape index (κ1) is 25.8. The molecule has 1 saturated heterocycles. The van der Waals surface area contributed by atoms with Gasteiger partial charge >= 0.3 is 6.09 Å². The van der Waals surface area contributed by atoms with E-state index in [1.54, 1.807) is 21.7 Å². The highest BCUT2D eigenvalue weighted by Crippen LogP contribution is 2.36. The monoisotopic (exact) mass is 540 g/mol. The van der Waals surface area contributed by atoms with E-state index < -0.39 is 5.60 Å². The number of likely N-dealkylation sites (tertiary alicyclic amines) is 1. The van der Waals surface area contributed by atoms with Crippen LogP contribution in [0.15, 0.2) is 36.7 Å². The van der Waals surface area contributed by atoms with Gasteiger partial charge in [0.25, 0.3) is 0 Å². The van der Waals surface area contributed by atoms with Gasteiger partial charge in [-0.1, -0.05) is 11.3 Å². The maximum Gasteiger partial charge on any atom is 0.410 e. The van der Waals surface area contributed by atoms with Crippen LogP contribution in [0, 0.1) is 18.3 Å². The number of hydrogen-bond acceptors (Lipinski definition) is 8. The van der Waals surface area contributed by atoms with Crippen molar-refractivity contribution in [2.75, 3.05) is 13.1 Å². The smallest absolute Gasteiger partial charge is 0.410 e. The molecule has 1 amide bonds. The summed E-state index contributed by atoms with van der Waals surface area (Å²) < 4.78 is 15.7. The third-order valence-corrected chi connectivity index (χ3v) is 7.52. The van der Waals surface area contributed by atoms with Crippen LogP contribution in [0.4, 0.5) is 4.79 Å². The van der Waals surface area contributed by atoms with Gasteiger partial charge in [-0.2, -0.15) is 5.26 Å². The Labute approximate surface area is 232 Å². The maximum absolute atomic E-state index is 12.5. The second-order valence-corrected chi connectivity index (χ2v) is 11.4. The molecule has 4 aromatic heterocycles. The molecular weight excluding hydrogens is 508 g/mol. The molecule has 1 fully saturated rings. The Morgan fingerprint density at radius 2 is 1.95 bits per heavy atom. The van der Waals surface area contributed by atoms with Gasteiger partial charge in [-0.3, -0.25) is 9.38 Å². The van der Waals surface area contributed by atoms with Crippen LogP contribution in [0.3, 0.4) is 0 Å². The molecule has 206 valence electrons. The minimum Gasteiger partial charge on any atom is -0.469 e. The molecule has 0 N–H and O–H groups in total. The maximum atomic E-state index is 12.5. The topological polar surface area (TPSA) is 123 Å². The standard InChI is InChI=1S/C29H32N8O3/c1-18-26(33-34-37(18)21-9-12-35(13-10-21)28(38)40-29(2,3)4)20-14-24-32-17-22(16-30)36(24)25(15-20)39-23-8-7-19-6-5-11-31-27(19)23/h5-6,11,14-15,17,21,23H,7-10,12-13H2,1-4H3/t23-/m1/s1. The van der Waals surface area contributed by atoms with Crippen LogP contribution in [0.1, 0.15) is 74.8 Å². The van der Waals surface area contributed by atoms with Crippen molar-refractivity contribution in [1.29, 1.82) is 5.26 Å². The summed E-state index contributed by atoms with van der Waals surface area (Å²) in [6, 6.07) is 10.2. The molecule has 11 nitrogen and oxygen atoms in total. The summed E-state index contributed by atoms with van der Waals surface area (Å²) in [6.45, 7) is 8.82. The number of aryl methyl sites for hydroxylation is 1. The van der Waals surface area contributed by atoms with Crippen LogP contribution in [0.2, 0.25) is 0 Å². The molecule has 11 heteroatoms. The molecule has 0 aromatic carbocycles. The molecule has 40 heavy (non-hydrogen) atoms. The lowest BCUT2D eigenvalue weighted by molar-refractivity contribution is 0.0184. The number of hydrogen-bond donors (Lipinski definition) is 0. The number of rotatable bonds is 4. The Morgan fingerprint density at radius 1 is 1.15 bits per heavy atom. The minimum absolute atomic E-state index is 0.122. The van der Waals surface area contributed by atoms with Crippen molar-refractivity contribution >= 4 is 11.7 Å². The fourth-order valence-corrected chi connectivity index (χ4v) is 5.59. The van der Waals surface area contributed by atoms with Crippen molar-refractivity contribution in [1.82, 2.24) is 34.3 Å². The largest absolute Gasteiger partial charge is 0.469 e. The number of aromatic nitrogens is 6. The molecule has 0 radical (unpaired) electrons. The number of amides is 1. The highest BCUT2D eigenvalue weighted by Gasteiger charge is 2.30. The molecule has 6 rings (SSSR count). The van der Waals surface area contributed by atoms with Gasteiger partial charge in [0.2, 0.25) is 5.88 Å². The van der Waals surface area contributed by atoms with E-state index in [-0.39, 0.29) is 18.2 Å². The van der Waals surface area contributed by atoms with Crippen molar-refractivity contribution in [2.24, 2.45) is 0 Å². The van der Waals surface area contributed by atoms with E-state index in [4.69, 9.17) is 9.47 Å². The Hall–Kier alpha value is -4.46. The van der Waals surface area contributed by atoms with Gasteiger partial charge in [-0.15, -0.1) is 5.10 Å². The van der Waals surface area contributed by atoms with Crippen molar-refractivity contribution in [3.05, 3.63) is 59.3 Å². The lowest BCUT2D eigenvalue weighted by atomic mass is 10.0. The Balaban J connectivity index is 1.27. The number of carbonyl (C=O) groups is 1. The van der Waals surface area contributed by atoms with Gasteiger partial charge in [0.05, 0.1) is 23.6 Å². The van der Waals surface area contributed by atoms with Gasteiger partial charge in [-0.05, 0) is 71.1 Å². The van der Waals surface area contributed by atoms with E-state index in [9.17, 15) is 10.1 Å². The fraction of sp³-hybridized carbons (Fsp3) is 0.448. The molecule has 0 unspecified atom stereocenters. The average molecular weight is 541 g/mol. The number of pyridine rings is 2. The second-order valence-electron chi connectivity index (χ2n) is 11.4. The minimum atomic E-state index is -0.518. The molecule has 1 aliphatic heterocycles. The number of fused-ring (bicyclic) bond motifs is 2. The Morgan fingerprint density at radius 3 is 2.70 bits per heavy atom. The van der Waals surface area contributed by atoms with Crippen molar-refractivity contribution in [2.45, 2.75) is 71.1 Å². The summed E-state index contributed by atoms with van der Waals surface area (Å²) in [5, 5.41) is 18.8. The second kappa shape index (κ2) is 9.93. The number of carbonyl (C=O) groups excluding carboxylic acids is 1. The molecule has 0 saturated carbocycles. The number of nitriles is 1. The molecular formula is C29H32N8O3. The normalized spacial score (nSPS) is 17.6. The first-order valence-corrected chi connectivity index (χ1v) is 13.6. The van der Waals surface area contributed by atoms with Gasteiger partial charge < -0.3 is 14.4 Å². The van der Waals surface area contributed by atoms with Gasteiger partial charge in [0.15, 0.2) is 0 Å². The zero-order chi connectivity index (χ0) is 28.0. The predicted octanol–water partition coefficient (Wildman–Crippen LogP) is 4.81. The summed E-state index contributed by atoms with van der Waals surface area (Å²) in [7, 11) is 0. The van der Waals surface area contributed by atoms with Crippen LogP contribution in [0.5, 0.6) is 5.88 Å². The molecule has 1 atom stereocenters. The van der Waals surface area contributed by atoms with Crippen LogP contribution >= 0.6 is 0 Å². The molecule has 0 bridgehead atoms. The predicted molar refractivity (Wildman–Crippen MR) is 146 cm³/mol. The number of piperidine rings is 1. The first-order chi connectivity index (χ1) is 19.2. The summed E-state index contributed by atoms with van der Waals surface area (Å²) in [4.78, 5) is 23.3. The highest BCUT2D eigenvalue weighted by atomic mass is 16.6. The highest BCUT2D eigenvalue weighted by molar-refractivity contribution is 5.69. The zero-order valence-corrected chi connectivity index (χ0v) is 23.2. The molecule has 2 aliphatic rings.